The SMILES string of the molecule is NC1=NC(O)N(C2C[C@H](O)[C@H](O)CO2)C(=O)N1. The van der Waals surface area contributed by atoms with Crippen molar-refractivity contribution in [1.29, 1.82) is 0 Å². The van der Waals surface area contributed by atoms with Crippen LogP contribution in [0.2, 0.25) is 0 Å². The van der Waals surface area contributed by atoms with Crippen LogP contribution in [-0.4, -0.2) is 63.6 Å². The number of aliphatic imine (C=N–C) groups is 1. The van der Waals surface area contributed by atoms with Crippen molar-refractivity contribution >= 4 is 12.0 Å². The molecule has 9 nitrogen and oxygen atoms in total. The molecule has 1 saturated heterocycles. The average molecular weight is 246 g/mol. The average Bonchev–Trinajstić information content (AvgIpc) is 2.21. The van der Waals surface area contributed by atoms with E-state index >= 15 is 0 Å². The summed E-state index contributed by atoms with van der Waals surface area (Å²) >= 11 is 0. The number of ether oxygens (including phenoxy) is 1. The van der Waals surface area contributed by atoms with Crippen molar-refractivity contribution in [3.8, 4) is 0 Å². The van der Waals surface area contributed by atoms with Crippen molar-refractivity contribution in [2.75, 3.05) is 6.61 Å². The summed E-state index contributed by atoms with van der Waals surface area (Å²) in [7, 11) is 0. The first-order valence-electron chi connectivity index (χ1n) is 5.07. The predicted octanol–water partition coefficient (Wildman–Crippen LogP) is -2.93. The van der Waals surface area contributed by atoms with E-state index in [-0.39, 0.29) is 19.0 Å². The van der Waals surface area contributed by atoms with Crippen LogP contribution in [0.25, 0.3) is 0 Å². The van der Waals surface area contributed by atoms with Crippen LogP contribution < -0.4 is 11.1 Å². The van der Waals surface area contributed by atoms with Gasteiger partial charge in [-0.2, -0.15) is 0 Å². The number of nitrogens with two attached hydrogens (primary N) is 1. The maximum atomic E-state index is 11.6. The van der Waals surface area contributed by atoms with Crippen LogP contribution >= 0.6 is 0 Å². The second-order valence-electron chi connectivity index (χ2n) is 3.86. The largest absolute Gasteiger partial charge is 0.390 e. The van der Waals surface area contributed by atoms with Crippen molar-refractivity contribution in [3.05, 3.63) is 0 Å². The smallest absolute Gasteiger partial charge is 0.329 e. The minimum atomic E-state index is -1.46. The number of aliphatic hydroxyl groups is 3. The first kappa shape index (κ1) is 12.0. The first-order valence-corrected chi connectivity index (χ1v) is 5.07. The highest BCUT2D eigenvalue weighted by Gasteiger charge is 2.39. The van der Waals surface area contributed by atoms with E-state index in [1.807, 2.05) is 0 Å². The van der Waals surface area contributed by atoms with E-state index in [1.165, 1.54) is 0 Å². The van der Waals surface area contributed by atoms with Crippen LogP contribution in [-0.2, 0) is 4.74 Å². The first-order chi connectivity index (χ1) is 7.99. The Labute approximate surface area is 96.5 Å². The molecular formula is C8H14N4O5. The van der Waals surface area contributed by atoms with Gasteiger partial charge >= 0.3 is 6.03 Å². The molecule has 0 aliphatic carbocycles. The van der Waals surface area contributed by atoms with Crippen molar-refractivity contribution in [3.63, 3.8) is 0 Å². The Hall–Kier alpha value is -1.42. The standard InChI is InChI=1S/C8H14N4O5/c9-6-10-7(15)12(8(16)11-6)5-1-3(13)4(14)2-17-5/h3-5,7,13-15H,1-2H2,(H3,9,10,11,16)/t3-,4+,5?,7?/m0/s1. The van der Waals surface area contributed by atoms with Gasteiger partial charge in [-0.15, -0.1) is 0 Å². The van der Waals surface area contributed by atoms with Gasteiger partial charge in [-0.05, 0) is 0 Å². The van der Waals surface area contributed by atoms with Crippen LogP contribution in [0.5, 0.6) is 0 Å². The minimum Gasteiger partial charge on any atom is -0.390 e. The lowest BCUT2D eigenvalue weighted by Crippen LogP contribution is -2.61. The summed E-state index contributed by atoms with van der Waals surface area (Å²) in [4.78, 5) is 16.0. The van der Waals surface area contributed by atoms with Gasteiger partial charge in [-0.3, -0.25) is 10.2 Å². The molecule has 2 aliphatic rings. The molecule has 0 bridgehead atoms. The number of nitrogens with zero attached hydrogens (tertiary/aromatic N) is 2. The zero-order valence-corrected chi connectivity index (χ0v) is 8.85. The van der Waals surface area contributed by atoms with E-state index in [1.54, 1.807) is 0 Å². The van der Waals surface area contributed by atoms with Gasteiger partial charge in [0, 0.05) is 6.42 Å². The molecule has 2 amide bonds. The quantitative estimate of drug-likeness (QED) is 0.335. The summed E-state index contributed by atoms with van der Waals surface area (Å²) in [6, 6.07) is -0.668. The van der Waals surface area contributed by atoms with Crippen molar-refractivity contribution < 1.29 is 24.9 Å². The van der Waals surface area contributed by atoms with Gasteiger partial charge in [0.25, 0.3) is 0 Å². The molecule has 2 rings (SSSR count). The van der Waals surface area contributed by atoms with E-state index in [9.17, 15) is 20.1 Å². The molecule has 6 N–H and O–H groups in total. The summed E-state index contributed by atoms with van der Waals surface area (Å²) in [5.41, 5.74) is 5.26. The third-order valence-corrected chi connectivity index (χ3v) is 2.63. The lowest BCUT2D eigenvalue weighted by Gasteiger charge is -2.39. The van der Waals surface area contributed by atoms with E-state index in [0.29, 0.717) is 0 Å². The Morgan fingerprint density at radius 3 is 2.71 bits per heavy atom. The second kappa shape index (κ2) is 4.45. The predicted molar refractivity (Wildman–Crippen MR) is 54.4 cm³/mol. The van der Waals surface area contributed by atoms with Crippen LogP contribution in [0.4, 0.5) is 4.79 Å². The lowest BCUT2D eigenvalue weighted by atomic mass is 10.1. The number of urea groups is 1. The van der Waals surface area contributed by atoms with Crippen molar-refractivity contribution in [2.45, 2.75) is 31.2 Å². The van der Waals surface area contributed by atoms with Gasteiger partial charge in [-0.1, -0.05) is 0 Å². The van der Waals surface area contributed by atoms with Gasteiger partial charge in [0.05, 0.1) is 12.7 Å². The summed E-state index contributed by atoms with van der Waals surface area (Å²) in [5, 5.41) is 30.5. The molecule has 0 aromatic heterocycles. The summed E-state index contributed by atoms with van der Waals surface area (Å²) < 4.78 is 5.16. The van der Waals surface area contributed by atoms with Crippen molar-refractivity contribution in [1.82, 2.24) is 10.2 Å². The highest BCUT2D eigenvalue weighted by atomic mass is 16.5. The summed E-state index contributed by atoms with van der Waals surface area (Å²) in [6.45, 7) is -0.123. The monoisotopic (exact) mass is 246 g/mol. The van der Waals surface area contributed by atoms with Crippen LogP contribution in [0.3, 0.4) is 0 Å². The van der Waals surface area contributed by atoms with Gasteiger partial charge < -0.3 is 25.8 Å². The molecule has 4 atom stereocenters. The Kier molecular flexibility index (Phi) is 3.15. The molecule has 2 unspecified atom stereocenters. The Bertz CT molecular complexity index is 349. The van der Waals surface area contributed by atoms with Crippen LogP contribution in [0.1, 0.15) is 6.42 Å². The number of nitrogens with one attached hydrogen (secondary N) is 1. The Balaban J connectivity index is 2.09. The molecule has 17 heavy (non-hydrogen) atoms. The third kappa shape index (κ3) is 2.31. The van der Waals surface area contributed by atoms with E-state index < -0.39 is 30.8 Å². The molecule has 2 heterocycles. The second-order valence-corrected chi connectivity index (χ2v) is 3.86. The van der Waals surface area contributed by atoms with E-state index in [4.69, 9.17) is 10.5 Å². The normalized spacial score (nSPS) is 38.6. The zero-order valence-electron chi connectivity index (χ0n) is 8.85. The Morgan fingerprint density at radius 1 is 1.41 bits per heavy atom. The van der Waals surface area contributed by atoms with E-state index in [0.717, 1.165) is 4.90 Å². The molecular weight excluding hydrogens is 232 g/mol. The zero-order chi connectivity index (χ0) is 12.6. The van der Waals surface area contributed by atoms with Gasteiger partial charge in [0.15, 0.2) is 0 Å². The fraction of sp³-hybridized carbons (Fsp3) is 0.750. The number of hydrogen-bond acceptors (Lipinski definition) is 7. The van der Waals surface area contributed by atoms with Gasteiger partial charge in [0.1, 0.15) is 12.3 Å². The van der Waals surface area contributed by atoms with Gasteiger partial charge in [-0.25, -0.2) is 9.79 Å². The lowest BCUT2D eigenvalue weighted by molar-refractivity contribution is -0.181. The number of carbonyl (C=O) groups excluding carboxylic acids is 1. The summed E-state index contributed by atoms with van der Waals surface area (Å²) in [6.07, 6.45) is -4.35. The number of hydrogen-bond donors (Lipinski definition) is 5. The van der Waals surface area contributed by atoms with Crippen LogP contribution in [0.15, 0.2) is 4.99 Å². The number of rotatable bonds is 1. The molecule has 2 aliphatic heterocycles. The number of carbonyl (C=O) groups is 1. The fourth-order valence-electron chi connectivity index (χ4n) is 1.72. The molecule has 1 fully saturated rings. The molecule has 0 saturated carbocycles. The topological polar surface area (TPSA) is 141 Å². The molecule has 0 spiro atoms. The number of aliphatic hydroxyl groups excluding tert-OH is 3. The maximum absolute atomic E-state index is 11.6. The third-order valence-electron chi connectivity index (χ3n) is 2.63. The molecule has 0 radical (unpaired) electrons. The number of amides is 2. The number of guanidine groups is 1. The van der Waals surface area contributed by atoms with Gasteiger partial charge in [0.2, 0.25) is 12.3 Å². The highest BCUT2D eigenvalue weighted by molar-refractivity contribution is 5.97. The molecule has 0 aromatic rings. The maximum Gasteiger partial charge on any atom is 0.329 e. The van der Waals surface area contributed by atoms with Crippen LogP contribution in [0, 0.1) is 0 Å². The molecule has 0 aromatic carbocycles. The minimum absolute atomic E-state index is 0.0128. The highest BCUT2D eigenvalue weighted by Crippen LogP contribution is 2.21. The fourth-order valence-corrected chi connectivity index (χ4v) is 1.72. The molecule has 96 valence electrons. The Morgan fingerprint density at radius 2 is 2.12 bits per heavy atom. The van der Waals surface area contributed by atoms with E-state index in [2.05, 4.69) is 10.3 Å². The molecule has 9 heteroatoms. The summed E-state index contributed by atoms with van der Waals surface area (Å²) in [5.74, 6) is -0.185. The van der Waals surface area contributed by atoms with Crippen molar-refractivity contribution in [2.24, 2.45) is 10.7 Å².